The molecule has 0 bridgehead atoms. The minimum Gasteiger partial charge on any atom is -0.385 e. The molecule has 0 saturated heterocycles. The number of hydrogen-bond acceptors (Lipinski definition) is 4. The van der Waals surface area contributed by atoms with Crippen molar-refractivity contribution in [2.75, 3.05) is 13.7 Å². The summed E-state index contributed by atoms with van der Waals surface area (Å²) in [6, 6.07) is 0. The third kappa shape index (κ3) is 2.66. The Morgan fingerprint density at radius 2 is 2.29 bits per heavy atom. The number of aliphatic hydroxyl groups is 1. The predicted molar refractivity (Wildman–Crippen MR) is 44.0 cm³/mol. The molecular weight excluding hydrogens is 219 g/mol. The van der Waals surface area contributed by atoms with Crippen LogP contribution in [0.5, 0.6) is 0 Å². The van der Waals surface area contributed by atoms with Crippen LogP contribution in [0.2, 0.25) is 0 Å². The summed E-state index contributed by atoms with van der Waals surface area (Å²) in [5.41, 5.74) is 0. The molecule has 1 aromatic heterocycles. The van der Waals surface area contributed by atoms with Crippen LogP contribution in [0.3, 0.4) is 0 Å². The second-order valence-corrected chi connectivity index (χ2v) is 3.60. The molecule has 1 unspecified atom stereocenters. The molecule has 0 aromatic carbocycles. The highest BCUT2D eigenvalue weighted by Gasteiger charge is 2.35. The van der Waals surface area contributed by atoms with Gasteiger partial charge in [-0.1, -0.05) is 0 Å². The van der Waals surface area contributed by atoms with Crippen molar-refractivity contribution in [1.82, 2.24) is 4.98 Å². The average molecular weight is 227 g/mol. The highest BCUT2D eigenvalue weighted by atomic mass is 32.1. The van der Waals surface area contributed by atoms with Crippen LogP contribution in [-0.4, -0.2) is 23.8 Å². The largest absolute Gasteiger partial charge is 0.443 e. The number of halogens is 3. The molecule has 80 valence electrons. The molecule has 0 aliphatic carbocycles. The van der Waals surface area contributed by atoms with Crippen molar-refractivity contribution < 1.29 is 23.0 Å². The van der Waals surface area contributed by atoms with Crippen LogP contribution in [0.4, 0.5) is 13.2 Å². The van der Waals surface area contributed by atoms with E-state index in [0.717, 1.165) is 6.20 Å². The SMILES string of the molecule is COCC(O)c1cnc(C(F)(F)F)s1. The lowest BCUT2D eigenvalue weighted by atomic mass is 10.3. The summed E-state index contributed by atoms with van der Waals surface area (Å²) in [4.78, 5) is 3.32. The Morgan fingerprint density at radius 1 is 1.64 bits per heavy atom. The molecule has 14 heavy (non-hydrogen) atoms. The van der Waals surface area contributed by atoms with Crippen LogP contribution in [0.1, 0.15) is 16.0 Å². The van der Waals surface area contributed by atoms with Gasteiger partial charge in [-0.25, -0.2) is 4.98 Å². The van der Waals surface area contributed by atoms with E-state index in [9.17, 15) is 18.3 Å². The van der Waals surface area contributed by atoms with Gasteiger partial charge < -0.3 is 9.84 Å². The molecule has 1 N–H and O–H groups in total. The van der Waals surface area contributed by atoms with Gasteiger partial charge in [0.2, 0.25) is 0 Å². The van der Waals surface area contributed by atoms with Gasteiger partial charge in [-0.15, -0.1) is 11.3 Å². The van der Waals surface area contributed by atoms with Crippen molar-refractivity contribution in [3.63, 3.8) is 0 Å². The molecule has 0 aliphatic rings. The minimum absolute atomic E-state index is 0.0422. The Labute approximate surface area is 82.2 Å². The van der Waals surface area contributed by atoms with Gasteiger partial charge in [0, 0.05) is 13.3 Å². The van der Waals surface area contributed by atoms with E-state index in [-0.39, 0.29) is 11.5 Å². The van der Waals surface area contributed by atoms with Gasteiger partial charge in [0.05, 0.1) is 11.5 Å². The first-order valence-corrected chi connectivity index (χ1v) is 4.46. The fourth-order valence-electron chi connectivity index (χ4n) is 0.812. The first-order chi connectivity index (χ1) is 6.45. The number of rotatable bonds is 3. The number of nitrogens with zero attached hydrogens (tertiary/aromatic N) is 1. The van der Waals surface area contributed by atoms with E-state index in [4.69, 9.17) is 0 Å². The van der Waals surface area contributed by atoms with E-state index in [1.54, 1.807) is 0 Å². The maximum atomic E-state index is 12.1. The average Bonchev–Trinajstić information content (AvgIpc) is 2.51. The van der Waals surface area contributed by atoms with E-state index >= 15 is 0 Å². The lowest BCUT2D eigenvalue weighted by Gasteiger charge is -2.05. The zero-order valence-corrected chi connectivity index (χ0v) is 8.02. The summed E-state index contributed by atoms with van der Waals surface area (Å²) in [5, 5.41) is 8.32. The minimum atomic E-state index is -4.45. The van der Waals surface area contributed by atoms with Gasteiger partial charge >= 0.3 is 6.18 Å². The second-order valence-electron chi connectivity index (χ2n) is 2.54. The van der Waals surface area contributed by atoms with Crippen molar-refractivity contribution in [3.05, 3.63) is 16.1 Å². The highest BCUT2D eigenvalue weighted by Crippen LogP contribution is 2.34. The molecular formula is C7H8F3NO2S. The number of aromatic nitrogens is 1. The van der Waals surface area contributed by atoms with Crippen molar-refractivity contribution in [2.24, 2.45) is 0 Å². The molecule has 1 aromatic rings. The van der Waals surface area contributed by atoms with Gasteiger partial charge in [0.1, 0.15) is 6.10 Å². The topological polar surface area (TPSA) is 42.4 Å². The summed E-state index contributed by atoms with van der Waals surface area (Å²) in [6.07, 6.45) is -4.49. The Morgan fingerprint density at radius 3 is 2.71 bits per heavy atom. The van der Waals surface area contributed by atoms with Crippen molar-refractivity contribution >= 4 is 11.3 Å². The van der Waals surface area contributed by atoms with E-state index in [1.165, 1.54) is 7.11 Å². The Balaban J connectivity index is 2.78. The third-order valence-corrected chi connectivity index (χ3v) is 2.56. The normalized spacial score (nSPS) is 14.4. The first kappa shape index (κ1) is 11.4. The number of thiazole rings is 1. The Hall–Kier alpha value is -0.660. The zero-order chi connectivity index (χ0) is 10.8. The summed E-state index contributed by atoms with van der Waals surface area (Å²) in [7, 11) is 1.36. The van der Waals surface area contributed by atoms with E-state index in [1.807, 2.05) is 0 Å². The van der Waals surface area contributed by atoms with Crippen LogP contribution in [-0.2, 0) is 10.9 Å². The number of aliphatic hydroxyl groups excluding tert-OH is 1. The van der Waals surface area contributed by atoms with E-state index in [2.05, 4.69) is 9.72 Å². The molecule has 0 aliphatic heterocycles. The van der Waals surface area contributed by atoms with E-state index in [0.29, 0.717) is 11.3 Å². The summed E-state index contributed by atoms with van der Waals surface area (Å²) in [6.45, 7) is -0.0422. The summed E-state index contributed by atoms with van der Waals surface area (Å²) >= 11 is 0.422. The van der Waals surface area contributed by atoms with Crippen molar-refractivity contribution in [1.29, 1.82) is 0 Å². The summed E-state index contributed by atoms with van der Waals surface area (Å²) < 4.78 is 40.9. The van der Waals surface area contributed by atoms with Crippen LogP contribution >= 0.6 is 11.3 Å². The smallest absolute Gasteiger partial charge is 0.385 e. The molecule has 1 heterocycles. The predicted octanol–water partition coefficient (Wildman–Crippen LogP) is 1.84. The van der Waals surface area contributed by atoms with Gasteiger partial charge in [0.15, 0.2) is 5.01 Å². The second kappa shape index (κ2) is 4.24. The maximum Gasteiger partial charge on any atom is 0.443 e. The van der Waals surface area contributed by atoms with Crippen LogP contribution < -0.4 is 0 Å². The number of methoxy groups -OCH3 is 1. The molecule has 1 rings (SSSR count). The monoisotopic (exact) mass is 227 g/mol. The molecule has 3 nitrogen and oxygen atoms in total. The first-order valence-electron chi connectivity index (χ1n) is 3.65. The van der Waals surface area contributed by atoms with Gasteiger partial charge in [-0.3, -0.25) is 0 Å². The van der Waals surface area contributed by atoms with Gasteiger partial charge in [-0.2, -0.15) is 13.2 Å². The molecule has 0 radical (unpaired) electrons. The number of alkyl halides is 3. The number of ether oxygens (including phenoxy) is 1. The highest BCUT2D eigenvalue weighted by molar-refractivity contribution is 7.11. The van der Waals surface area contributed by atoms with Crippen molar-refractivity contribution in [2.45, 2.75) is 12.3 Å². The summed E-state index contributed by atoms with van der Waals surface area (Å²) in [5.74, 6) is 0. The molecule has 0 fully saturated rings. The maximum absolute atomic E-state index is 12.1. The quantitative estimate of drug-likeness (QED) is 0.856. The van der Waals surface area contributed by atoms with Crippen LogP contribution in [0.15, 0.2) is 6.20 Å². The van der Waals surface area contributed by atoms with Crippen LogP contribution in [0, 0.1) is 0 Å². The zero-order valence-electron chi connectivity index (χ0n) is 7.21. The Kier molecular flexibility index (Phi) is 3.46. The lowest BCUT2D eigenvalue weighted by molar-refractivity contribution is -0.137. The van der Waals surface area contributed by atoms with Crippen LogP contribution in [0.25, 0.3) is 0 Å². The standard InChI is InChI=1S/C7H8F3NO2S/c1-13-3-4(12)5-2-11-6(14-5)7(8,9)10/h2,4,12H,3H2,1H3. The number of hydrogen-bond donors (Lipinski definition) is 1. The lowest BCUT2D eigenvalue weighted by Crippen LogP contribution is -2.03. The molecule has 7 heteroatoms. The molecule has 0 spiro atoms. The fraction of sp³-hybridized carbons (Fsp3) is 0.571. The van der Waals surface area contributed by atoms with Crippen molar-refractivity contribution in [3.8, 4) is 0 Å². The molecule has 0 amide bonds. The third-order valence-electron chi connectivity index (χ3n) is 1.42. The van der Waals surface area contributed by atoms with Gasteiger partial charge in [0.25, 0.3) is 0 Å². The molecule has 1 atom stereocenters. The molecule has 0 saturated carbocycles. The Bertz CT molecular complexity index is 299. The van der Waals surface area contributed by atoms with E-state index < -0.39 is 17.3 Å². The fourth-order valence-corrected chi connectivity index (χ4v) is 1.57. The van der Waals surface area contributed by atoms with Gasteiger partial charge in [-0.05, 0) is 0 Å².